The predicted molar refractivity (Wildman–Crippen MR) is 87.6 cm³/mol. The van der Waals surface area contributed by atoms with E-state index < -0.39 is 10.8 Å². The quantitative estimate of drug-likeness (QED) is 0.852. The van der Waals surface area contributed by atoms with Crippen molar-refractivity contribution in [3.8, 4) is 0 Å². The lowest BCUT2D eigenvalue weighted by molar-refractivity contribution is 0.461. The van der Waals surface area contributed by atoms with Gasteiger partial charge in [0.15, 0.2) is 0 Å². The summed E-state index contributed by atoms with van der Waals surface area (Å²) >= 11 is 0. The Hall–Kier alpha value is -1.39. The highest BCUT2D eigenvalue weighted by atomic mass is 32.2. The number of nitrogens with one attached hydrogen (secondary N) is 1. The highest BCUT2D eigenvalue weighted by molar-refractivity contribution is 7.83. The van der Waals surface area contributed by atoms with Crippen LogP contribution in [-0.2, 0) is 28.9 Å². The van der Waals surface area contributed by atoms with Crippen LogP contribution in [0.5, 0.6) is 0 Å². The first-order chi connectivity index (χ1) is 10.1. The predicted octanol–water partition coefficient (Wildman–Crippen LogP) is 3.45. The standard InChI is InChI=1S/C17H23NO2S/c1-4-18-10-16-5-6-17(20-16)12-21(19)11-15-8-13(2)7-14(3)9-15/h5-9,18H,4,10-12H2,1-3H3. The summed E-state index contributed by atoms with van der Waals surface area (Å²) < 4.78 is 17.9. The van der Waals surface area contributed by atoms with Crippen LogP contribution in [0, 0.1) is 13.8 Å². The monoisotopic (exact) mass is 305 g/mol. The van der Waals surface area contributed by atoms with Crippen molar-refractivity contribution in [2.24, 2.45) is 0 Å². The summed E-state index contributed by atoms with van der Waals surface area (Å²) in [6.07, 6.45) is 0. The molecule has 3 nitrogen and oxygen atoms in total. The van der Waals surface area contributed by atoms with Crippen molar-refractivity contribution in [2.75, 3.05) is 6.54 Å². The van der Waals surface area contributed by atoms with Crippen LogP contribution < -0.4 is 5.32 Å². The first kappa shape index (κ1) is 16.0. The van der Waals surface area contributed by atoms with Gasteiger partial charge < -0.3 is 9.73 Å². The molecular weight excluding hydrogens is 282 g/mol. The molecule has 2 aromatic rings. The van der Waals surface area contributed by atoms with Crippen LogP contribution in [-0.4, -0.2) is 10.8 Å². The number of hydrogen-bond donors (Lipinski definition) is 1. The molecule has 1 unspecified atom stereocenters. The molecule has 1 aromatic heterocycles. The maximum atomic E-state index is 12.3. The van der Waals surface area contributed by atoms with Crippen molar-refractivity contribution in [2.45, 2.75) is 38.8 Å². The average molecular weight is 305 g/mol. The molecule has 0 radical (unpaired) electrons. The summed E-state index contributed by atoms with van der Waals surface area (Å²) in [5.74, 6) is 2.74. The SMILES string of the molecule is CCNCc1ccc(CS(=O)Cc2cc(C)cc(C)c2)o1. The Bertz CT molecular complexity index is 599. The highest BCUT2D eigenvalue weighted by Gasteiger charge is 2.08. The van der Waals surface area contributed by atoms with Crippen molar-refractivity contribution < 1.29 is 8.63 Å². The fraction of sp³-hybridized carbons (Fsp3) is 0.412. The van der Waals surface area contributed by atoms with Gasteiger partial charge in [-0.1, -0.05) is 36.2 Å². The van der Waals surface area contributed by atoms with Gasteiger partial charge in [-0.3, -0.25) is 4.21 Å². The molecule has 0 bridgehead atoms. The molecule has 2 rings (SSSR count). The van der Waals surface area contributed by atoms with Crippen LogP contribution in [0.15, 0.2) is 34.7 Å². The second kappa shape index (κ2) is 7.57. The first-order valence-corrected chi connectivity index (χ1v) is 8.76. The number of hydrogen-bond acceptors (Lipinski definition) is 3. The third-order valence-electron chi connectivity index (χ3n) is 3.18. The van der Waals surface area contributed by atoms with E-state index in [-0.39, 0.29) is 0 Å². The zero-order valence-corrected chi connectivity index (χ0v) is 13.8. The third-order valence-corrected chi connectivity index (χ3v) is 4.44. The van der Waals surface area contributed by atoms with Gasteiger partial charge in [0.25, 0.3) is 0 Å². The second-order valence-electron chi connectivity index (χ2n) is 5.37. The Morgan fingerprint density at radius 1 is 1.05 bits per heavy atom. The van der Waals surface area contributed by atoms with E-state index in [4.69, 9.17) is 4.42 Å². The van der Waals surface area contributed by atoms with Crippen LogP contribution in [0.1, 0.15) is 35.1 Å². The van der Waals surface area contributed by atoms with Crippen LogP contribution in [0.4, 0.5) is 0 Å². The van der Waals surface area contributed by atoms with Crippen molar-refractivity contribution in [1.82, 2.24) is 5.32 Å². The highest BCUT2D eigenvalue weighted by Crippen LogP contribution is 2.15. The molecule has 0 aliphatic heterocycles. The Morgan fingerprint density at radius 3 is 2.38 bits per heavy atom. The Morgan fingerprint density at radius 2 is 1.71 bits per heavy atom. The lowest BCUT2D eigenvalue weighted by Crippen LogP contribution is -2.10. The van der Waals surface area contributed by atoms with Gasteiger partial charge in [0, 0.05) is 16.6 Å². The molecule has 0 fully saturated rings. The lowest BCUT2D eigenvalue weighted by atomic mass is 10.1. The zero-order chi connectivity index (χ0) is 15.2. The second-order valence-corrected chi connectivity index (χ2v) is 6.83. The normalized spacial score (nSPS) is 12.5. The fourth-order valence-electron chi connectivity index (χ4n) is 2.39. The largest absolute Gasteiger partial charge is 0.464 e. The summed E-state index contributed by atoms with van der Waals surface area (Å²) in [6.45, 7) is 7.83. The van der Waals surface area contributed by atoms with Crippen LogP contribution in [0.2, 0.25) is 0 Å². The fourth-order valence-corrected chi connectivity index (χ4v) is 3.50. The van der Waals surface area contributed by atoms with E-state index in [9.17, 15) is 4.21 Å². The zero-order valence-electron chi connectivity index (χ0n) is 12.9. The van der Waals surface area contributed by atoms with E-state index in [2.05, 4.69) is 44.3 Å². The molecule has 0 amide bonds. The Balaban J connectivity index is 1.93. The molecule has 1 atom stereocenters. The molecule has 0 aliphatic rings. The molecule has 1 heterocycles. The van der Waals surface area contributed by atoms with Crippen LogP contribution in [0.3, 0.4) is 0 Å². The molecule has 21 heavy (non-hydrogen) atoms. The minimum Gasteiger partial charge on any atom is -0.464 e. The summed E-state index contributed by atoms with van der Waals surface area (Å²) in [5, 5.41) is 3.21. The number of aryl methyl sites for hydroxylation is 2. The number of rotatable bonds is 7. The van der Waals surface area contributed by atoms with Gasteiger partial charge in [-0.05, 0) is 38.1 Å². The molecule has 0 saturated heterocycles. The average Bonchev–Trinajstić information content (AvgIpc) is 2.82. The summed E-state index contributed by atoms with van der Waals surface area (Å²) in [5.41, 5.74) is 3.56. The minimum atomic E-state index is -0.945. The topological polar surface area (TPSA) is 42.2 Å². The minimum absolute atomic E-state index is 0.471. The van der Waals surface area contributed by atoms with Gasteiger partial charge in [-0.25, -0.2) is 0 Å². The van der Waals surface area contributed by atoms with Crippen molar-refractivity contribution in [1.29, 1.82) is 0 Å². The summed E-state index contributed by atoms with van der Waals surface area (Å²) in [7, 11) is -0.945. The van der Waals surface area contributed by atoms with E-state index in [1.54, 1.807) is 0 Å². The maximum Gasteiger partial charge on any atom is 0.118 e. The molecule has 0 spiro atoms. The summed E-state index contributed by atoms with van der Waals surface area (Å²) in [6, 6.07) is 10.2. The maximum absolute atomic E-state index is 12.3. The van der Waals surface area contributed by atoms with E-state index in [1.807, 2.05) is 12.1 Å². The van der Waals surface area contributed by atoms with Crippen LogP contribution >= 0.6 is 0 Å². The van der Waals surface area contributed by atoms with Gasteiger partial charge in [-0.2, -0.15) is 0 Å². The van der Waals surface area contributed by atoms with Crippen molar-refractivity contribution in [3.63, 3.8) is 0 Å². The lowest BCUT2D eigenvalue weighted by Gasteiger charge is -2.05. The molecular formula is C17H23NO2S. The van der Waals surface area contributed by atoms with E-state index in [0.717, 1.165) is 30.2 Å². The van der Waals surface area contributed by atoms with Gasteiger partial charge >= 0.3 is 0 Å². The molecule has 1 N–H and O–H groups in total. The van der Waals surface area contributed by atoms with E-state index in [0.29, 0.717) is 11.5 Å². The van der Waals surface area contributed by atoms with Gasteiger partial charge in [0.2, 0.25) is 0 Å². The number of benzene rings is 1. The molecule has 114 valence electrons. The molecule has 0 saturated carbocycles. The third kappa shape index (κ3) is 5.14. The Kier molecular flexibility index (Phi) is 5.76. The van der Waals surface area contributed by atoms with Gasteiger partial charge in [-0.15, -0.1) is 0 Å². The summed E-state index contributed by atoms with van der Waals surface area (Å²) in [4.78, 5) is 0. The molecule has 0 aliphatic carbocycles. The smallest absolute Gasteiger partial charge is 0.118 e. The van der Waals surface area contributed by atoms with Crippen molar-refractivity contribution in [3.05, 3.63) is 58.5 Å². The Labute approximate surface area is 129 Å². The number of furan rings is 1. The molecule has 4 heteroatoms. The van der Waals surface area contributed by atoms with Crippen molar-refractivity contribution >= 4 is 10.8 Å². The first-order valence-electron chi connectivity index (χ1n) is 7.27. The van der Waals surface area contributed by atoms with Gasteiger partial charge in [0.1, 0.15) is 11.5 Å². The van der Waals surface area contributed by atoms with E-state index >= 15 is 0 Å². The van der Waals surface area contributed by atoms with E-state index in [1.165, 1.54) is 11.1 Å². The van der Waals surface area contributed by atoms with Gasteiger partial charge in [0.05, 0.1) is 12.3 Å². The molecule has 1 aromatic carbocycles. The van der Waals surface area contributed by atoms with Crippen LogP contribution in [0.25, 0.3) is 0 Å².